The predicted octanol–water partition coefficient (Wildman–Crippen LogP) is 1.73. The van der Waals surface area contributed by atoms with Crippen LogP contribution in [-0.4, -0.2) is 25.0 Å². The van der Waals surface area contributed by atoms with E-state index < -0.39 is 18.4 Å². The first-order valence-electron chi connectivity index (χ1n) is 5.49. The average Bonchev–Trinajstić information content (AvgIpc) is 2.17. The van der Waals surface area contributed by atoms with E-state index in [0.717, 1.165) is 19.3 Å². The molecule has 0 heterocycles. The van der Waals surface area contributed by atoms with Crippen LogP contribution in [0.1, 0.15) is 39.5 Å². The maximum absolute atomic E-state index is 11.2. The van der Waals surface area contributed by atoms with E-state index in [1.54, 1.807) is 0 Å². The summed E-state index contributed by atoms with van der Waals surface area (Å²) in [6.07, 6.45) is 0.808. The Morgan fingerprint density at radius 1 is 1.31 bits per heavy atom. The van der Waals surface area contributed by atoms with E-state index in [9.17, 15) is 9.59 Å². The van der Waals surface area contributed by atoms with Gasteiger partial charge in [-0.15, -0.1) is 0 Å². The molecule has 0 aliphatic carbocycles. The number of carbonyl (C=O) groups is 2. The Hall–Kier alpha value is -1.46. The standard InChI is InChI=1S/C10H20N2O4/c1-3-5-7-15-10(14)12-8(6-4-2)16-9(11)13/h8H,3-7H2,1-2H3,(H2,11,13)(H,12,14). The molecule has 0 bridgehead atoms. The molecule has 0 aliphatic heterocycles. The molecule has 0 rings (SSSR count). The summed E-state index contributed by atoms with van der Waals surface area (Å²) in [4.78, 5) is 21.8. The fourth-order valence-electron chi connectivity index (χ4n) is 1.05. The van der Waals surface area contributed by atoms with E-state index in [-0.39, 0.29) is 0 Å². The summed E-state index contributed by atoms with van der Waals surface area (Å²) >= 11 is 0. The van der Waals surface area contributed by atoms with Gasteiger partial charge in [-0.05, 0) is 6.42 Å². The summed E-state index contributed by atoms with van der Waals surface area (Å²) in [6.45, 7) is 4.26. The van der Waals surface area contributed by atoms with Crippen LogP contribution in [0.15, 0.2) is 0 Å². The molecule has 0 aromatic rings. The van der Waals surface area contributed by atoms with Gasteiger partial charge in [0.2, 0.25) is 0 Å². The van der Waals surface area contributed by atoms with Crippen LogP contribution in [0.2, 0.25) is 0 Å². The lowest BCUT2D eigenvalue weighted by Gasteiger charge is -2.17. The van der Waals surface area contributed by atoms with Gasteiger partial charge in [0, 0.05) is 6.42 Å². The van der Waals surface area contributed by atoms with Crippen LogP contribution in [0.4, 0.5) is 9.59 Å². The minimum atomic E-state index is -0.910. The minimum Gasteiger partial charge on any atom is -0.449 e. The maximum Gasteiger partial charge on any atom is 0.409 e. The maximum atomic E-state index is 11.2. The second-order valence-electron chi connectivity index (χ2n) is 3.35. The van der Waals surface area contributed by atoms with Crippen molar-refractivity contribution >= 4 is 12.2 Å². The highest BCUT2D eigenvalue weighted by atomic mass is 16.6. The van der Waals surface area contributed by atoms with Crippen LogP contribution < -0.4 is 11.1 Å². The van der Waals surface area contributed by atoms with Gasteiger partial charge < -0.3 is 15.2 Å². The molecule has 0 radical (unpaired) electrons. The zero-order chi connectivity index (χ0) is 12.4. The zero-order valence-electron chi connectivity index (χ0n) is 9.82. The first-order chi connectivity index (χ1) is 7.60. The molecule has 94 valence electrons. The Morgan fingerprint density at radius 2 is 2.00 bits per heavy atom. The number of primary amides is 1. The van der Waals surface area contributed by atoms with E-state index in [1.165, 1.54) is 0 Å². The number of ether oxygens (including phenoxy) is 2. The molecular formula is C10H20N2O4. The molecule has 0 spiro atoms. The van der Waals surface area contributed by atoms with Crippen LogP contribution >= 0.6 is 0 Å². The summed E-state index contributed by atoms with van der Waals surface area (Å²) in [6, 6.07) is 0. The Balaban J connectivity index is 3.87. The van der Waals surface area contributed by atoms with Crippen molar-refractivity contribution in [1.29, 1.82) is 0 Å². The van der Waals surface area contributed by atoms with E-state index >= 15 is 0 Å². The topological polar surface area (TPSA) is 90.7 Å². The molecule has 0 aromatic carbocycles. The highest BCUT2D eigenvalue weighted by molar-refractivity contribution is 5.69. The lowest BCUT2D eigenvalue weighted by atomic mass is 10.3. The van der Waals surface area contributed by atoms with E-state index in [0.29, 0.717) is 13.0 Å². The summed E-state index contributed by atoms with van der Waals surface area (Å²) < 4.78 is 9.55. The van der Waals surface area contributed by atoms with Crippen molar-refractivity contribution in [2.24, 2.45) is 5.73 Å². The van der Waals surface area contributed by atoms with Crippen molar-refractivity contribution in [2.45, 2.75) is 45.8 Å². The summed E-state index contributed by atoms with van der Waals surface area (Å²) in [5.41, 5.74) is 4.87. The number of hydrogen-bond acceptors (Lipinski definition) is 4. The number of carbonyl (C=O) groups excluding carboxylic acids is 2. The smallest absolute Gasteiger partial charge is 0.409 e. The average molecular weight is 232 g/mol. The number of alkyl carbamates (subject to hydrolysis) is 1. The highest BCUT2D eigenvalue weighted by Crippen LogP contribution is 1.99. The number of rotatable bonds is 7. The third-order valence-electron chi connectivity index (χ3n) is 1.82. The summed E-state index contributed by atoms with van der Waals surface area (Å²) in [5, 5.41) is 2.42. The molecule has 1 atom stereocenters. The Morgan fingerprint density at radius 3 is 2.50 bits per heavy atom. The highest BCUT2D eigenvalue weighted by Gasteiger charge is 2.14. The van der Waals surface area contributed by atoms with Crippen molar-refractivity contribution in [3.63, 3.8) is 0 Å². The van der Waals surface area contributed by atoms with Crippen LogP contribution in [0.5, 0.6) is 0 Å². The van der Waals surface area contributed by atoms with Crippen molar-refractivity contribution in [1.82, 2.24) is 5.32 Å². The molecule has 0 aromatic heterocycles. The van der Waals surface area contributed by atoms with Gasteiger partial charge in [-0.1, -0.05) is 26.7 Å². The van der Waals surface area contributed by atoms with Crippen molar-refractivity contribution in [2.75, 3.05) is 6.61 Å². The van der Waals surface area contributed by atoms with E-state index in [4.69, 9.17) is 15.2 Å². The van der Waals surface area contributed by atoms with Crippen molar-refractivity contribution in [3.8, 4) is 0 Å². The van der Waals surface area contributed by atoms with Gasteiger partial charge in [0.25, 0.3) is 0 Å². The van der Waals surface area contributed by atoms with Gasteiger partial charge in [-0.25, -0.2) is 9.59 Å². The van der Waals surface area contributed by atoms with Gasteiger partial charge in [0.1, 0.15) is 0 Å². The first-order valence-corrected chi connectivity index (χ1v) is 5.49. The van der Waals surface area contributed by atoms with Gasteiger partial charge in [0.05, 0.1) is 6.61 Å². The van der Waals surface area contributed by atoms with Gasteiger partial charge in [-0.2, -0.15) is 0 Å². The SMILES string of the molecule is CCCCOC(=O)NC(CCC)OC(N)=O. The minimum absolute atomic E-state index is 0.359. The molecule has 2 amide bonds. The number of unbranched alkanes of at least 4 members (excludes halogenated alkanes) is 1. The first kappa shape index (κ1) is 14.5. The molecule has 0 saturated carbocycles. The largest absolute Gasteiger partial charge is 0.449 e. The lowest BCUT2D eigenvalue weighted by Crippen LogP contribution is -2.39. The molecular weight excluding hydrogens is 212 g/mol. The third kappa shape index (κ3) is 7.90. The third-order valence-corrected chi connectivity index (χ3v) is 1.82. The second kappa shape index (κ2) is 8.82. The molecule has 16 heavy (non-hydrogen) atoms. The predicted molar refractivity (Wildman–Crippen MR) is 58.8 cm³/mol. The quantitative estimate of drug-likeness (QED) is 0.516. The fourth-order valence-corrected chi connectivity index (χ4v) is 1.05. The molecule has 0 aliphatic rings. The van der Waals surface area contributed by atoms with Crippen LogP contribution in [0, 0.1) is 0 Å². The molecule has 6 heteroatoms. The van der Waals surface area contributed by atoms with E-state index in [1.807, 2.05) is 13.8 Å². The second-order valence-corrected chi connectivity index (χ2v) is 3.35. The van der Waals surface area contributed by atoms with E-state index in [2.05, 4.69) is 5.32 Å². The normalized spacial score (nSPS) is 11.6. The molecule has 0 fully saturated rings. The Bertz CT molecular complexity index is 221. The van der Waals surface area contributed by atoms with Gasteiger partial charge >= 0.3 is 12.2 Å². The number of nitrogens with one attached hydrogen (secondary N) is 1. The van der Waals surface area contributed by atoms with Crippen molar-refractivity contribution < 1.29 is 19.1 Å². The Labute approximate surface area is 95.5 Å². The lowest BCUT2D eigenvalue weighted by molar-refractivity contribution is 0.0685. The van der Waals surface area contributed by atoms with Crippen LogP contribution in [0.3, 0.4) is 0 Å². The van der Waals surface area contributed by atoms with Crippen molar-refractivity contribution in [3.05, 3.63) is 0 Å². The van der Waals surface area contributed by atoms with Crippen LogP contribution in [-0.2, 0) is 9.47 Å². The van der Waals surface area contributed by atoms with Gasteiger partial charge in [0.15, 0.2) is 6.23 Å². The van der Waals surface area contributed by atoms with Crippen LogP contribution in [0.25, 0.3) is 0 Å². The fraction of sp³-hybridized carbons (Fsp3) is 0.800. The molecule has 6 nitrogen and oxygen atoms in total. The summed E-state index contributed by atoms with van der Waals surface area (Å²) in [7, 11) is 0. The number of hydrogen-bond donors (Lipinski definition) is 2. The zero-order valence-corrected chi connectivity index (χ0v) is 9.82. The summed E-state index contributed by atoms with van der Waals surface area (Å²) in [5.74, 6) is 0. The molecule has 1 unspecified atom stereocenters. The monoisotopic (exact) mass is 232 g/mol. The number of nitrogens with two attached hydrogens (primary N) is 1. The van der Waals surface area contributed by atoms with Gasteiger partial charge in [-0.3, -0.25) is 5.32 Å². The molecule has 3 N–H and O–H groups in total. The Kier molecular flexibility index (Phi) is 8.01. The molecule has 0 saturated heterocycles. The number of amides is 2.